The number of rotatable bonds is 9. The van der Waals surface area contributed by atoms with Crippen molar-refractivity contribution in [3.05, 3.63) is 53.9 Å². The van der Waals surface area contributed by atoms with Crippen molar-refractivity contribution in [2.45, 2.75) is 20.1 Å². The van der Waals surface area contributed by atoms with Crippen molar-refractivity contribution >= 4 is 5.96 Å². The van der Waals surface area contributed by atoms with Crippen LogP contribution in [0.25, 0.3) is 0 Å². The average molecular weight is 358 g/mol. The Labute approximate surface area is 156 Å². The number of methoxy groups -OCH3 is 1. The second-order valence-electron chi connectivity index (χ2n) is 6.11. The Morgan fingerprint density at radius 2 is 2.12 bits per heavy atom. The predicted molar refractivity (Wildman–Crippen MR) is 106 cm³/mol. The molecule has 1 N–H and O–H groups in total. The van der Waals surface area contributed by atoms with Crippen LogP contribution in [0.5, 0.6) is 5.75 Å². The van der Waals surface area contributed by atoms with Crippen LogP contribution in [-0.2, 0) is 24.9 Å². The largest absolute Gasteiger partial charge is 0.497 e. The molecule has 0 bridgehead atoms. The summed E-state index contributed by atoms with van der Waals surface area (Å²) in [5.41, 5.74) is 2.34. The zero-order valence-corrected chi connectivity index (χ0v) is 16.2. The van der Waals surface area contributed by atoms with E-state index in [1.54, 1.807) is 7.11 Å². The van der Waals surface area contributed by atoms with Crippen LogP contribution in [0, 0.1) is 0 Å². The number of aliphatic imine (C=N–C) groups is 1. The Morgan fingerprint density at radius 3 is 2.81 bits per heavy atom. The predicted octanol–water partition coefficient (Wildman–Crippen LogP) is 2.65. The van der Waals surface area contributed by atoms with Crippen molar-refractivity contribution in [2.24, 2.45) is 12.0 Å². The van der Waals surface area contributed by atoms with Gasteiger partial charge in [0, 0.05) is 32.5 Å². The summed E-state index contributed by atoms with van der Waals surface area (Å²) in [6.45, 7) is 5.46. The molecule has 0 amide bonds. The number of hydrogen-bond donors (Lipinski definition) is 1. The lowest BCUT2D eigenvalue weighted by molar-refractivity contribution is 0.128. The number of aryl methyl sites for hydroxylation is 1. The third kappa shape index (κ3) is 6.11. The Kier molecular flexibility index (Phi) is 8.02. The highest BCUT2D eigenvalue weighted by Crippen LogP contribution is 2.13. The van der Waals surface area contributed by atoms with Gasteiger partial charge in [0.05, 0.1) is 33.4 Å². The SMILES string of the molecule is CCNC(=NCCOCc1cccc(OC)c1)N(C)Cc1cccn1C. The third-order valence-electron chi connectivity index (χ3n) is 4.05. The van der Waals surface area contributed by atoms with Crippen molar-refractivity contribution in [2.75, 3.05) is 33.9 Å². The van der Waals surface area contributed by atoms with Gasteiger partial charge in [-0.1, -0.05) is 12.1 Å². The lowest BCUT2D eigenvalue weighted by Crippen LogP contribution is -2.39. The maximum absolute atomic E-state index is 5.74. The number of nitrogens with zero attached hydrogens (tertiary/aromatic N) is 3. The molecule has 0 fully saturated rings. The van der Waals surface area contributed by atoms with Crippen LogP contribution < -0.4 is 10.1 Å². The molecule has 1 heterocycles. The van der Waals surface area contributed by atoms with Crippen molar-refractivity contribution < 1.29 is 9.47 Å². The van der Waals surface area contributed by atoms with Crippen LogP contribution in [0.1, 0.15) is 18.2 Å². The molecule has 6 nitrogen and oxygen atoms in total. The maximum Gasteiger partial charge on any atom is 0.194 e. The summed E-state index contributed by atoms with van der Waals surface area (Å²) >= 11 is 0. The number of ether oxygens (including phenoxy) is 2. The van der Waals surface area contributed by atoms with Gasteiger partial charge in [-0.05, 0) is 36.8 Å². The fraction of sp³-hybridized carbons (Fsp3) is 0.450. The summed E-state index contributed by atoms with van der Waals surface area (Å²) in [4.78, 5) is 6.79. The summed E-state index contributed by atoms with van der Waals surface area (Å²) in [5, 5.41) is 3.33. The highest BCUT2D eigenvalue weighted by molar-refractivity contribution is 5.79. The molecule has 0 unspecified atom stereocenters. The number of aromatic nitrogens is 1. The highest BCUT2D eigenvalue weighted by atomic mass is 16.5. The van der Waals surface area contributed by atoms with Crippen molar-refractivity contribution in [1.29, 1.82) is 0 Å². The molecular formula is C20H30N4O2. The Hall–Kier alpha value is -2.47. The molecule has 26 heavy (non-hydrogen) atoms. The van der Waals surface area contributed by atoms with Gasteiger partial charge in [0.15, 0.2) is 5.96 Å². The molecule has 1 aromatic heterocycles. The van der Waals surface area contributed by atoms with Gasteiger partial charge >= 0.3 is 0 Å². The third-order valence-corrected chi connectivity index (χ3v) is 4.05. The summed E-state index contributed by atoms with van der Waals surface area (Å²) in [6, 6.07) is 12.1. The first-order valence-electron chi connectivity index (χ1n) is 8.94. The van der Waals surface area contributed by atoms with Crippen molar-refractivity contribution in [3.63, 3.8) is 0 Å². The normalized spacial score (nSPS) is 11.5. The minimum atomic E-state index is 0.558. The highest BCUT2D eigenvalue weighted by Gasteiger charge is 2.08. The molecule has 0 radical (unpaired) electrons. The fourth-order valence-corrected chi connectivity index (χ4v) is 2.62. The minimum absolute atomic E-state index is 0.558. The van der Waals surface area contributed by atoms with Crippen LogP contribution in [0.2, 0.25) is 0 Å². The van der Waals surface area contributed by atoms with Crippen LogP contribution >= 0.6 is 0 Å². The molecule has 0 saturated heterocycles. The Bertz CT molecular complexity index is 697. The first kappa shape index (κ1) is 19.8. The van der Waals surface area contributed by atoms with Gasteiger partial charge in [0.25, 0.3) is 0 Å². The van der Waals surface area contributed by atoms with Crippen molar-refractivity contribution in [3.8, 4) is 5.75 Å². The van der Waals surface area contributed by atoms with E-state index >= 15 is 0 Å². The molecule has 0 saturated carbocycles. The van der Waals surface area contributed by atoms with Gasteiger partial charge in [-0.25, -0.2) is 0 Å². The van der Waals surface area contributed by atoms with Gasteiger partial charge in [-0.3, -0.25) is 4.99 Å². The molecule has 0 aliphatic carbocycles. The fourth-order valence-electron chi connectivity index (χ4n) is 2.62. The van der Waals surface area contributed by atoms with E-state index in [0.717, 1.165) is 30.4 Å². The van der Waals surface area contributed by atoms with E-state index in [1.807, 2.05) is 31.3 Å². The number of nitrogens with one attached hydrogen (secondary N) is 1. The van der Waals surface area contributed by atoms with Crippen LogP contribution in [0.15, 0.2) is 47.6 Å². The van der Waals surface area contributed by atoms with E-state index in [9.17, 15) is 0 Å². The monoisotopic (exact) mass is 358 g/mol. The van der Waals surface area contributed by atoms with E-state index < -0.39 is 0 Å². The molecule has 0 spiro atoms. The molecule has 2 aromatic rings. The van der Waals surface area contributed by atoms with Gasteiger partial charge in [-0.2, -0.15) is 0 Å². The molecule has 0 aliphatic heterocycles. The topological polar surface area (TPSA) is 51.0 Å². The zero-order valence-electron chi connectivity index (χ0n) is 16.2. The molecule has 6 heteroatoms. The standard InChI is InChI=1S/C20H30N4O2/c1-5-21-20(24(3)15-18-9-7-12-23(18)2)22-11-13-26-16-17-8-6-10-19(14-17)25-4/h6-10,12,14H,5,11,13,15-16H2,1-4H3,(H,21,22). The number of benzene rings is 1. The van der Waals surface area contributed by atoms with Crippen molar-refractivity contribution in [1.82, 2.24) is 14.8 Å². The zero-order chi connectivity index (χ0) is 18.8. The first-order valence-corrected chi connectivity index (χ1v) is 8.94. The second-order valence-corrected chi connectivity index (χ2v) is 6.11. The van der Waals surface area contributed by atoms with E-state index in [-0.39, 0.29) is 0 Å². The second kappa shape index (κ2) is 10.5. The molecule has 1 aromatic carbocycles. The molecular weight excluding hydrogens is 328 g/mol. The van der Waals surface area contributed by atoms with Crippen LogP contribution in [0.4, 0.5) is 0 Å². The first-order chi connectivity index (χ1) is 12.6. The van der Waals surface area contributed by atoms with Gasteiger partial charge in [0.1, 0.15) is 5.75 Å². The Morgan fingerprint density at radius 1 is 1.27 bits per heavy atom. The lowest BCUT2D eigenvalue weighted by atomic mass is 10.2. The summed E-state index contributed by atoms with van der Waals surface area (Å²) < 4.78 is 13.1. The molecule has 0 atom stereocenters. The van der Waals surface area contributed by atoms with E-state index in [4.69, 9.17) is 9.47 Å². The van der Waals surface area contributed by atoms with E-state index in [1.165, 1.54) is 5.69 Å². The smallest absolute Gasteiger partial charge is 0.194 e. The van der Waals surface area contributed by atoms with Gasteiger partial charge < -0.3 is 24.3 Å². The average Bonchev–Trinajstić information content (AvgIpc) is 3.05. The summed E-state index contributed by atoms with van der Waals surface area (Å²) in [6.07, 6.45) is 2.06. The lowest BCUT2D eigenvalue weighted by Gasteiger charge is -2.22. The number of guanidine groups is 1. The molecule has 142 valence electrons. The van der Waals surface area contributed by atoms with E-state index in [0.29, 0.717) is 19.8 Å². The Balaban J connectivity index is 1.81. The quantitative estimate of drug-likeness (QED) is 0.425. The van der Waals surface area contributed by atoms with Crippen LogP contribution in [0.3, 0.4) is 0 Å². The molecule has 2 rings (SSSR count). The van der Waals surface area contributed by atoms with Gasteiger partial charge in [0.2, 0.25) is 0 Å². The number of hydrogen-bond acceptors (Lipinski definition) is 3. The minimum Gasteiger partial charge on any atom is -0.497 e. The summed E-state index contributed by atoms with van der Waals surface area (Å²) in [5.74, 6) is 1.74. The van der Waals surface area contributed by atoms with Crippen LogP contribution in [-0.4, -0.2) is 49.3 Å². The van der Waals surface area contributed by atoms with E-state index in [2.05, 4.69) is 52.1 Å². The maximum atomic E-state index is 5.74. The summed E-state index contributed by atoms with van der Waals surface area (Å²) in [7, 11) is 5.77. The molecule has 0 aliphatic rings. The van der Waals surface area contributed by atoms with Gasteiger partial charge in [-0.15, -0.1) is 0 Å².